The first-order chi connectivity index (χ1) is 10.2. The van der Waals surface area contributed by atoms with Crippen molar-refractivity contribution in [1.29, 1.82) is 0 Å². The van der Waals surface area contributed by atoms with E-state index >= 15 is 0 Å². The summed E-state index contributed by atoms with van der Waals surface area (Å²) in [5.41, 5.74) is 0.243. The molecular formula is C17H21BF2O2. The van der Waals surface area contributed by atoms with Gasteiger partial charge in [-0.3, -0.25) is 0 Å². The quantitative estimate of drug-likeness (QED) is 0.746. The summed E-state index contributed by atoms with van der Waals surface area (Å²) in [5.74, 6) is -0.0692. The average Bonchev–Trinajstić information content (AvgIpc) is 2.56. The zero-order valence-corrected chi connectivity index (χ0v) is 13.5. The van der Waals surface area contributed by atoms with Crippen molar-refractivity contribution in [2.24, 2.45) is 0 Å². The van der Waals surface area contributed by atoms with E-state index in [0.717, 1.165) is 5.56 Å². The van der Waals surface area contributed by atoms with Gasteiger partial charge in [-0.25, -0.2) is 8.78 Å². The summed E-state index contributed by atoms with van der Waals surface area (Å²) < 4.78 is 39.3. The highest BCUT2D eigenvalue weighted by Gasteiger charge is 2.54. The molecule has 2 aliphatic rings. The minimum Gasteiger partial charge on any atom is -0.398 e. The van der Waals surface area contributed by atoms with Crippen LogP contribution in [0.25, 0.3) is 0 Å². The molecule has 2 fully saturated rings. The van der Waals surface area contributed by atoms with E-state index in [4.69, 9.17) is 9.31 Å². The van der Waals surface area contributed by atoms with Crippen LogP contribution in [0, 0.1) is 5.82 Å². The van der Waals surface area contributed by atoms with Gasteiger partial charge in [0, 0.05) is 0 Å². The highest BCUT2D eigenvalue weighted by Crippen LogP contribution is 2.46. The third kappa shape index (κ3) is 2.61. The first-order valence-corrected chi connectivity index (χ1v) is 7.68. The summed E-state index contributed by atoms with van der Waals surface area (Å²) in [5, 5.41) is 0. The van der Waals surface area contributed by atoms with Gasteiger partial charge in [0.05, 0.1) is 11.2 Å². The second-order valence-electron chi connectivity index (χ2n) is 7.20. The summed E-state index contributed by atoms with van der Waals surface area (Å²) in [7, 11) is -0.923. The third-order valence-electron chi connectivity index (χ3n) is 5.10. The van der Waals surface area contributed by atoms with Gasteiger partial charge in [0.2, 0.25) is 0 Å². The maximum Gasteiger partial charge on any atom is 0.525 e. The molecule has 22 heavy (non-hydrogen) atoms. The van der Waals surface area contributed by atoms with Crippen molar-refractivity contribution in [1.82, 2.24) is 0 Å². The Morgan fingerprint density at radius 3 is 2.27 bits per heavy atom. The van der Waals surface area contributed by atoms with Crippen LogP contribution in [0.15, 0.2) is 35.6 Å². The van der Waals surface area contributed by atoms with Crippen LogP contribution in [0.1, 0.15) is 52.0 Å². The van der Waals surface area contributed by atoms with Gasteiger partial charge < -0.3 is 9.31 Å². The van der Waals surface area contributed by atoms with Gasteiger partial charge in [-0.2, -0.15) is 0 Å². The fourth-order valence-corrected chi connectivity index (χ4v) is 2.84. The van der Waals surface area contributed by atoms with E-state index in [1.165, 1.54) is 12.1 Å². The first-order valence-electron chi connectivity index (χ1n) is 7.68. The molecule has 1 aromatic carbocycles. The summed E-state index contributed by atoms with van der Waals surface area (Å²) in [4.78, 5) is 0. The van der Waals surface area contributed by atoms with E-state index in [-0.39, 0.29) is 17.5 Å². The molecule has 0 amide bonds. The molecule has 118 valence electrons. The van der Waals surface area contributed by atoms with Crippen molar-refractivity contribution in [3.8, 4) is 0 Å². The lowest BCUT2D eigenvalue weighted by atomic mass is 9.70. The lowest BCUT2D eigenvalue weighted by Crippen LogP contribution is -2.41. The normalized spacial score (nSPS) is 26.0. The fraction of sp³-hybridized carbons (Fsp3) is 0.529. The zero-order valence-electron chi connectivity index (χ0n) is 13.5. The van der Waals surface area contributed by atoms with Crippen LogP contribution in [0.3, 0.4) is 0 Å². The predicted octanol–water partition coefficient (Wildman–Crippen LogP) is 4.56. The van der Waals surface area contributed by atoms with Crippen LogP contribution >= 0.6 is 0 Å². The number of hydrogen-bond donors (Lipinski definition) is 0. The molecule has 5 heteroatoms. The van der Waals surface area contributed by atoms with E-state index in [9.17, 15) is 8.78 Å². The first kappa shape index (κ1) is 15.7. The number of rotatable bonds is 2. The van der Waals surface area contributed by atoms with Crippen LogP contribution in [-0.4, -0.2) is 18.3 Å². The molecule has 3 rings (SSSR count). The van der Waals surface area contributed by atoms with Crippen molar-refractivity contribution in [2.75, 3.05) is 0 Å². The maximum absolute atomic E-state index is 14.6. The summed E-state index contributed by atoms with van der Waals surface area (Å²) in [6.45, 7) is 7.62. The van der Waals surface area contributed by atoms with Crippen LogP contribution in [0.5, 0.6) is 0 Å². The smallest absolute Gasteiger partial charge is 0.398 e. The molecule has 0 aromatic heterocycles. The summed E-state index contributed by atoms with van der Waals surface area (Å²) in [6.07, 6.45) is 1.19. The molecule has 1 aliphatic heterocycles. The van der Waals surface area contributed by atoms with E-state index in [2.05, 4.69) is 0 Å². The number of hydrogen-bond acceptors (Lipinski definition) is 2. The van der Waals surface area contributed by atoms with Gasteiger partial charge in [0.25, 0.3) is 0 Å². The number of benzene rings is 1. The average molecular weight is 306 g/mol. The highest BCUT2D eigenvalue weighted by molar-refractivity contribution is 6.53. The number of halogens is 2. The van der Waals surface area contributed by atoms with Crippen molar-refractivity contribution >= 4 is 7.12 Å². The second-order valence-corrected chi connectivity index (χ2v) is 7.20. The third-order valence-corrected chi connectivity index (χ3v) is 5.10. The van der Waals surface area contributed by atoms with Gasteiger partial charge in [0.1, 0.15) is 11.5 Å². The molecule has 1 saturated heterocycles. The molecule has 1 heterocycles. The summed E-state index contributed by atoms with van der Waals surface area (Å²) >= 11 is 0. The van der Waals surface area contributed by atoms with Crippen LogP contribution in [0.4, 0.5) is 8.78 Å². The van der Waals surface area contributed by atoms with Gasteiger partial charge in [0.15, 0.2) is 0 Å². The topological polar surface area (TPSA) is 18.5 Å². The largest absolute Gasteiger partial charge is 0.525 e. The minimum atomic E-state index is -0.923. The SMILES string of the molecule is CC1(C)OB(C(F)=C2CC(c3cccc(F)c3)C2)OC1(C)C. The Bertz CT molecular complexity index is 601. The standard InChI is InChI=1S/C17H21BF2O2/c1-16(2)17(3,4)22-18(21-16)15(20)13-8-12(9-13)11-6-5-7-14(19)10-11/h5-7,10,12H,8-9H2,1-4H3. The molecule has 0 N–H and O–H groups in total. The number of allylic oxidation sites excluding steroid dienone is 1. The Morgan fingerprint density at radius 2 is 1.73 bits per heavy atom. The molecule has 0 bridgehead atoms. The van der Waals surface area contributed by atoms with Gasteiger partial charge in [-0.05, 0) is 69.7 Å². The fourth-order valence-electron chi connectivity index (χ4n) is 2.84. The molecule has 2 nitrogen and oxygen atoms in total. The van der Waals surface area contributed by atoms with Crippen molar-refractivity contribution in [3.05, 3.63) is 46.9 Å². The van der Waals surface area contributed by atoms with E-state index < -0.39 is 18.3 Å². The Labute approximate surface area is 130 Å². The van der Waals surface area contributed by atoms with Gasteiger partial charge in [-0.1, -0.05) is 12.1 Å². The van der Waals surface area contributed by atoms with Crippen LogP contribution < -0.4 is 0 Å². The monoisotopic (exact) mass is 306 g/mol. The minimum absolute atomic E-state index is 0.180. The molecule has 1 saturated carbocycles. The van der Waals surface area contributed by atoms with E-state index in [1.807, 2.05) is 33.8 Å². The molecule has 0 atom stereocenters. The molecule has 0 unspecified atom stereocenters. The van der Waals surface area contributed by atoms with Gasteiger partial charge >= 0.3 is 7.12 Å². The van der Waals surface area contributed by atoms with Crippen molar-refractivity contribution in [2.45, 2.75) is 57.7 Å². The Kier molecular flexibility index (Phi) is 3.69. The molecular weight excluding hydrogens is 285 g/mol. The molecule has 0 spiro atoms. The summed E-state index contributed by atoms with van der Waals surface area (Å²) in [6, 6.07) is 6.52. The van der Waals surface area contributed by atoms with Crippen LogP contribution in [0.2, 0.25) is 0 Å². The predicted molar refractivity (Wildman–Crippen MR) is 82.6 cm³/mol. The molecule has 0 radical (unpaired) electrons. The molecule has 1 aromatic rings. The second kappa shape index (κ2) is 5.17. The lowest BCUT2D eigenvalue weighted by Gasteiger charge is -2.32. The van der Waals surface area contributed by atoms with E-state index in [0.29, 0.717) is 18.4 Å². The van der Waals surface area contributed by atoms with Gasteiger partial charge in [-0.15, -0.1) is 0 Å². The Hall–Kier alpha value is -1.20. The zero-order chi connectivity index (χ0) is 16.1. The Balaban J connectivity index is 1.70. The van der Waals surface area contributed by atoms with Crippen molar-refractivity contribution < 1.29 is 18.1 Å². The maximum atomic E-state index is 14.6. The van der Waals surface area contributed by atoms with Crippen LogP contribution in [-0.2, 0) is 9.31 Å². The lowest BCUT2D eigenvalue weighted by molar-refractivity contribution is 0.00578. The van der Waals surface area contributed by atoms with E-state index in [1.54, 1.807) is 6.07 Å². The molecule has 1 aliphatic carbocycles. The highest BCUT2D eigenvalue weighted by atomic mass is 19.1. The Morgan fingerprint density at radius 1 is 1.14 bits per heavy atom. The van der Waals surface area contributed by atoms with Crippen molar-refractivity contribution in [3.63, 3.8) is 0 Å².